The molecule has 3 heterocycles. The largest absolute Gasteiger partial charge is 0.490 e. The number of nitrogens with zero attached hydrogens (tertiary/aromatic N) is 3. The van der Waals surface area contributed by atoms with Gasteiger partial charge in [0.2, 0.25) is 0 Å². The molecule has 0 aliphatic rings. The number of fused-ring (bicyclic) bond motifs is 2. The lowest BCUT2D eigenvalue weighted by Crippen LogP contribution is -2.30. The average molecular weight is 487 g/mol. The second kappa shape index (κ2) is 10.1. The van der Waals surface area contributed by atoms with Crippen molar-refractivity contribution in [3.8, 4) is 16.9 Å². The zero-order valence-electron chi connectivity index (χ0n) is 20.1. The Morgan fingerprint density at radius 3 is 2.65 bits per heavy atom. The Bertz CT molecular complexity index is 1660. The average Bonchev–Trinajstić information content (AvgIpc) is 3.35. The highest BCUT2D eigenvalue weighted by Crippen LogP contribution is 2.30. The summed E-state index contributed by atoms with van der Waals surface area (Å²) < 4.78 is 6.05. The summed E-state index contributed by atoms with van der Waals surface area (Å²) in [6, 6.07) is 26.2. The van der Waals surface area contributed by atoms with Gasteiger partial charge in [-0.2, -0.15) is 10.2 Å². The molecule has 0 amide bonds. The van der Waals surface area contributed by atoms with Crippen LogP contribution in [0, 0.1) is 0 Å². The molecule has 6 aromatic rings. The van der Waals surface area contributed by atoms with Gasteiger partial charge in [0, 0.05) is 46.0 Å². The number of aromatic amines is 1. The van der Waals surface area contributed by atoms with Gasteiger partial charge in [0.25, 0.3) is 0 Å². The number of rotatable bonds is 8. The van der Waals surface area contributed by atoms with Gasteiger partial charge in [-0.3, -0.25) is 4.98 Å². The molecular formula is C30H26N6O. The fraction of sp³-hybridized carbons (Fsp3) is 0.100. The van der Waals surface area contributed by atoms with Gasteiger partial charge in [0.05, 0.1) is 23.6 Å². The fourth-order valence-corrected chi connectivity index (χ4v) is 4.51. The van der Waals surface area contributed by atoms with Crippen molar-refractivity contribution in [1.82, 2.24) is 20.2 Å². The van der Waals surface area contributed by atoms with Crippen LogP contribution in [0.5, 0.6) is 5.75 Å². The summed E-state index contributed by atoms with van der Waals surface area (Å²) in [6.45, 7) is 0.392. The van der Waals surface area contributed by atoms with Gasteiger partial charge in [0.1, 0.15) is 12.4 Å². The van der Waals surface area contributed by atoms with E-state index < -0.39 is 0 Å². The van der Waals surface area contributed by atoms with Crippen LogP contribution < -0.4 is 15.8 Å². The summed E-state index contributed by atoms with van der Waals surface area (Å²) in [6.07, 6.45) is 8.04. The second-order valence-corrected chi connectivity index (χ2v) is 9.03. The Labute approximate surface area is 214 Å². The van der Waals surface area contributed by atoms with E-state index in [0.29, 0.717) is 12.4 Å². The minimum Gasteiger partial charge on any atom is -0.490 e. The number of hydrogen-bond donors (Lipinski definition) is 3. The number of nitrogens with one attached hydrogen (secondary N) is 2. The number of anilines is 2. The van der Waals surface area contributed by atoms with Crippen LogP contribution in [0.25, 0.3) is 32.9 Å². The van der Waals surface area contributed by atoms with E-state index in [1.165, 1.54) is 10.9 Å². The van der Waals surface area contributed by atoms with Crippen molar-refractivity contribution in [3.05, 3.63) is 109 Å². The van der Waals surface area contributed by atoms with Gasteiger partial charge in [0.15, 0.2) is 0 Å². The van der Waals surface area contributed by atoms with E-state index in [0.717, 1.165) is 45.3 Å². The fourth-order valence-electron chi connectivity index (χ4n) is 4.51. The molecule has 6 rings (SSSR count). The van der Waals surface area contributed by atoms with E-state index in [4.69, 9.17) is 10.5 Å². The quantitative estimate of drug-likeness (QED) is 0.249. The highest BCUT2D eigenvalue weighted by atomic mass is 16.5. The van der Waals surface area contributed by atoms with E-state index in [1.54, 1.807) is 12.4 Å². The zero-order chi connectivity index (χ0) is 25.0. The Kier molecular flexibility index (Phi) is 6.19. The van der Waals surface area contributed by atoms with Gasteiger partial charge in [-0.05, 0) is 53.9 Å². The molecule has 4 N–H and O–H groups in total. The molecule has 0 aliphatic heterocycles. The molecule has 3 aromatic carbocycles. The van der Waals surface area contributed by atoms with Crippen LogP contribution in [-0.4, -0.2) is 32.8 Å². The van der Waals surface area contributed by atoms with Crippen LogP contribution in [-0.2, 0) is 6.42 Å². The normalized spacial score (nSPS) is 12.0. The SMILES string of the molecule is N[C@H](COc1cncc(-c2ccc3nncc(Nc4ccccc4)c3c2)c1)Cc1c[nH]c2ccccc12. The highest BCUT2D eigenvalue weighted by Gasteiger charge is 2.11. The molecule has 0 aliphatic carbocycles. The van der Waals surface area contributed by atoms with Crippen LogP contribution >= 0.6 is 0 Å². The van der Waals surface area contributed by atoms with Crippen LogP contribution in [0.3, 0.4) is 0 Å². The van der Waals surface area contributed by atoms with Gasteiger partial charge in [-0.15, -0.1) is 0 Å². The minimum atomic E-state index is -0.145. The maximum absolute atomic E-state index is 6.42. The van der Waals surface area contributed by atoms with Crippen molar-refractivity contribution >= 4 is 33.2 Å². The standard InChI is InChI=1S/C30H26N6O/c31-23(12-22-16-33-28-9-5-4-8-26(22)28)19-37-25-13-21(15-32-17-25)20-10-11-29-27(14-20)30(18-34-36-29)35-24-6-2-1-3-7-24/h1-11,13-18,23,33H,12,19,31H2,(H,35,36)/t23-/m0/s1. The van der Waals surface area contributed by atoms with E-state index in [2.05, 4.69) is 43.7 Å². The lowest BCUT2D eigenvalue weighted by molar-refractivity contribution is 0.287. The second-order valence-electron chi connectivity index (χ2n) is 9.03. The zero-order valence-corrected chi connectivity index (χ0v) is 20.1. The summed E-state index contributed by atoms with van der Waals surface area (Å²) in [5.41, 5.74) is 13.4. The number of H-pyrrole nitrogens is 1. The Hall–Kier alpha value is -4.75. The third kappa shape index (κ3) is 4.98. The summed E-state index contributed by atoms with van der Waals surface area (Å²) >= 11 is 0. The summed E-state index contributed by atoms with van der Waals surface area (Å²) in [4.78, 5) is 7.72. The lowest BCUT2D eigenvalue weighted by Gasteiger charge is -2.14. The first-order valence-electron chi connectivity index (χ1n) is 12.2. The number of ether oxygens (including phenoxy) is 1. The number of para-hydroxylation sites is 2. The summed E-state index contributed by atoms with van der Waals surface area (Å²) in [7, 11) is 0. The smallest absolute Gasteiger partial charge is 0.138 e. The topological polar surface area (TPSA) is 102 Å². The third-order valence-corrected chi connectivity index (χ3v) is 6.36. The number of hydrogen-bond acceptors (Lipinski definition) is 6. The maximum Gasteiger partial charge on any atom is 0.138 e. The molecule has 0 saturated carbocycles. The molecular weight excluding hydrogens is 460 g/mol. The van der Waals surface area contributed by atoms with Crippen molar-refractivity contribution < 1.29 is 4.74 Å². The van der Waals surface area contributed by atoms with Gasteiger partial charge in [-0.25, -0.2) is 0 Å². The van der Waals surface area contributed by atoms with Crippen molar-refractivity contribution in [2.24, 2.45) is 5.73 Å². The molecule has 0 bridgehead atoms. The Morgan fingerprint density at radius 1 is 0.865 bits per heavy atom. The lowest BCUT2D eigenvalue weighted by atomic mass is 10.0. The number of benzene rings is 3. The van der Waals surface area contributed by atoms with Crippen LogP contribution in [0.2, 0.25) is 0 Å². The first kappa shape index (κ1) is 22.7. The number of nitrogens with two attached hydrogens (primary N) is 1. The van der Waals surface area contributed by atoms with Crippen molar-refractivity contribution in [2.45, 2.75) is 12.5 Å². The summed E-state index contributed by atoms with van der Waals surface area (Å²) in [5, 5.41) is 14.1. The van der Waals surface area contributed by atoms with Crippen molar-refractivity contribution in [3.63, 3.8) is 0 Å². The molecule has 1 atom stereocenters. The first-order valence-corrected chi connectivity index (χ1v) is 12.2. The molecule has 7 nitrogen and oxygen atoms in total. The predicted octanol–water partition coefficient (Wildman–Crippen LogP) is 5.87. The highest BCUT2D eigenvalue weighted by molar-refractivity contribution is 5.95. The molecule has 37 heavy (non-hydrogen) atoms. The summed E-state index contributed by atoms with van der Waals surface area (Å²) in [5.74, 6) is 0.683. The third-order valence-electron chi connectivity index (χ3n) is 6.36. The minimum absolute atomic E-state index is 0.145. The molecule has 0 unspecified atom stereocenters. The van der Waals surface area contributed by atoms with Crippen LogP contribution in [0.15, 0.2) is 104 Å². The number of pyridine rings is 1. The Morgan fingerprint density at radius 2 is 1.73 bits per heavy atom. The number of aromatic nitrogens is 4. The van der Waals surface area contributed by atoms with Crippen molar-refractivity contribution in [1.29, 1.82) is 0 Å². The maximum atomic E-state index is 6.42. The first-order chi connectivity index (χ1) is 18.2. The molecule has 7 heteroatoms. The van der Waals surface area contributed by atoms with E-state index in [-0.39, 0.29) is 6.04 Å². The van der Waals surface area contributed by atoms with Gasteiger partial charge >= 0.3 is 0 Å². The van der Waals surface area contributed by atoms with Crippen LogP contribution in [0.1, 0.15) is 5.56 Å². The van der Waals surface area contributed by atoms with E-state index in [9.17, 15) is 0 Å². The van der Waals surface area contributed by atoms with E-state index in [1.807, 2.05) is 73.1 Å². The monoisotopic (exact) mass is 486 g/mol. The van der Waals surface area contributed by atoms with Gasteiger partial charge in [-0.1, -0.05) is 42.5 Å². The Balaban J connectivity index is 1.19. The van der Waals surface area contributed by atoms with Crippen molar-refractivity contribution in [2.75, 3.05) is 11.9 Å². The molecule has 0 radical (unpaired) electrons. The molecule has 182 valence electrons. The van der Waals surface area contributed by atoms with E-state index >= 15 is 0 Å². The predicted molar refractivity (Wildman–Crippen MR) is 148 cm³/mol. The molecule has 0 spiro atoms. The van der Waals surface area contributed by atoms with Gasteiger partial charge < -0.3 is 20.8 Å². The molecule has 0 saturated heterocycles. The molecule has 0 fully saturated rings. The molecule has 3 aromatic heterocycles. The van der Waals surface area contributed by atoms with Crippen LogP contribution in [0.4, 0.5) is 11.4 Å².